The normalized spacial score (nSPS) is 18.2. The standard InChI is InChI=1S/C14H18N2O5/c1-20-9-3-4-12(21-2)10(7-9)13(17)16-6-5-15-8-11(16)14(18)19/h3-4,7,11,15H,5-6,8H2,1-2H3,(H,18,19). The molecule has 1 amide bonds. The van der Waals surface area contributed by atoms with E-state index in [9.17, 15) is 14.7 Å². The van der Waals surface area contributed by atoms with Crippen molar-refractivity contribution < 1.29 is 24.2 Å². The minimum atomic E-state index is -1.03. The topological polar surface area (TPSA) is 88.1 Å². The number of methoxy groups -OCH3 is 2. The summed E-state index contributed by atoms with van der Waals surface area (Å²) in [6.07, 6.45) is 0. The molecule has 2 N–H and O–H groups in total. The third kappa shape index (κ3) is 3.08. The van der Waals surface area contributed by atoms with E-state index in [0.717, 1.165) is 0 Å². The molecular formula is C14H18N2O5. The first-order valence-corrected chi connectivity index (χ1v) is 6.55. The Balaban J connectivity index is 2.35. The van der Waals surface area contributed by atoms with E-state index in [1.807, 2.05) is 0 Å². The quantitative estimate of drug-likeness (QED) is 0.825. The van der Waals surface area contributed by atoms with Crippen LogP contribution >= 0.6 is 0 Å². The van der Waals surface area contributed by atoms with Gasteiger partial charge in [-0.2, -0.15) is 0 Å². The van der Waals surface area contributed by atoms with Gasteiger partial charge in [0.15, 0.2) is 0 Å². The molecule has 21 heavy (non-hydrogen) atoms. The Kier molecular flexibility index (Phi) is 4.64. The molecule has 0 saturated carbocycles. The number of nitrogens with zero attached hydrogens (tertiary/aromatic N) is 1. The summed E-state index contributed by atoms with van der Waals surface area (Å²) in [5.74, 6) is -0.498. The molecular weight excluding hydrogens is 276 g/mol. The summed E-state index contributed by atoms with van der Waals surface area (Å²) in [7, 11) is 2.96. The van der Waals surface area contributed by atoms with Crippen molar-refractivity contribution in [3.8, 4) is 11.5 Å². The summed E-state index contributed by atoms with van der Waals surface area (Å²) in [5, 5.41) is 12.2. The number of hydrogen-bond acceptors (Lipinski definition) is 5. The minimum Gasteiger partial charge on any atom is -0.497 e. The Morgan fingerprint density at radius 2 is 2.10 bits per heavy atom. The van der Waals surface area contributed by atoms with Crippen molar-refractivity contribution in [2.45, 2.75) is 6.04 Å². The van der Waals surface area contributed by atoms with Crippen molar-refractivity contribution in [2.75, 3.05) is 33.9 Å². The molecule has 1 unspecified atom stereocenters. The van der Waals surface area contributed by atoms with Crippen molar-refractivity contribution in [3.63, 3.8) is 0 Å². The third-order valence-corrected chi connectivity index (χ3v) is 3.43. The number of hydrogen-bond donors (Lipinski definition) is 2. The second-order valence-electron chi connectivity index (χ2n) is 4.62. The van der Waals surface area contributed by atoms with Gasteiger partial charge in [-0.1, -0.05) is 0 Å². The molecule has 0 aliphatic carbocycles. The van der Waals surface area contributed by atoms with Crippen molar-refractivity contribution in [3.05, 3.63) is 23.8 Å². The number of ether oxygens (including phenoxy) is 2. The lowest BCUT2D eigenvalue weighted by atomic mass is 10.1. The third-order valence-electron chi connectivity index (χ3n) is 3.43. The zero-order chi connectivity index (χ0) is 15.4. The van der Waals surface area contributed by atoms with E-state index >= 15 is 0 Å². The molecule has 1 aliphatic heterocycles. The summed E-state index contributed by atoms with van der Waals surface area (Å²) in [5.41, 5.74) is 0.296. The van der Waals surface area contributed by atoms with E-state index in [-0.39, 0.29) is 12.5 Å². The number of carbonyl (C=O) groups excluding carboxylic acids is 1. The van der Waals surface area contributed by atoms with E-state index in [0.29, 0.717) is 30.2 Å². The first kappa shape index (κ1) is 15.1. The lowest BCUT2D eigenvalue weighted by Crippen LogP contribution is -2.57. The second kappa shape index (κ2) is 6.45. The maximum absolute atomic E-state index is 12.7. The van der Waals surface area contributed by atoms with Crippen molar-refractivity contribution in [2.24, 2.45) is 0 Å². The van der Waals surface area contributed by atoms with Crippen molar-refractivity contribution in [1.82, 2.24) is 10.2 Å². The summed E-state index contributed by atoms with van der Waals surface area (Å²) >= 11 is 0. The lowest BCUT2D eigenvalue weighted by Gasteiger charge is -2.33. The molecule has 1 aliphatic rings. The highest BCUT2D eigenvalue weighted by atomic mass is 16.5. The molecule has 1 atom stereocenters. The van der Waals surface area contributed by atoms with Crippen molar-refractivity contribution in [1.29, 1.82) is 0 Å². The molecule has 1 saturated heterocycles. The summed E-state index contributed by atoms with van der Waals surface area (Å²) < 4.78 is 10.3. The zero-order valence-electron chi connectivity index (χ0n) is 12.0. The maximum Gasteiger partial charge on any atom is 0.327 e. The summed E-state index contributed by atoms with van der Waals surface area (Å²) in [6, 6.07) is 3.98. The van der Waals surface area contributed by atoms with Crippen LogP contribution in [0.5, 0.6) is 11.5 Å². The number of carboxylic acids is 1. The van der Waals surface area contributed by atoms with Crippen LogP contribution in [0.4, 0.5) is 0 Å². The minimum absolute atomic E-state index is 0.230. The van der Waals surface area contributed by atoms with Crippen LogP contribution in [-0.4, -0.2) is 61.8 Å². The SMILES string of the molecule is COc1ccc(OC)c(C(=O)N2CCNCC2C(=O)O)c1. The molecule has 1 aromatic rings. The van der Waals surface area contributed by atoms with Gasteiger partial charge in [0.1, 0.15) is 17.5 Å². The van der Waals surface area contributed by atoms with Gasteiger partial charge >= 0.3 is 5.97 Å². The molecule has 2 rings (SSSR count). The molecule has 0 radical (unpaired) electrons. The predicted octanol–water partition coefficient (Wildman–Crippen LogP) is 0.202. The van der Waals surface area contributed by atoms with E-state index in [4.69, 9.17) is 9.47 Å². The van der Waals surface area contributed by atoms with Gasteiger partial charge in [0, 0.05) is 19.6 Å². The Morgan fingerprint density at radius 3 is 2.71 bits per heavy atom. The van der Waals surface area contributed by atoms with Gasteiger partial charge in [0.2, 0.25) is 0 Å². The Bertz CT molecular complexity index is 546. The molecule has 1 fully saturated rings. The number of carbonyl (C=O) groups is 2. The van der Waals surface area contributed by atoms with E-state index in [1.165, 1.54) is 19.1 Å². The van der Waals surface area contributed by atoms with E-state index < -0.39 is 12.0 Å². The van der Waals surface area contributed by atoms with E-state index in [1.54, 1.807) is 18.2 Å². The van der Waals surface area contributed by atoms with Crippen molar-refractivity contribution >= 4 is 11.9 Å². The highest BCUT2D eigenvalue weighted by Crippen LogP contribution is 2.26. The molecule has 114 valence electrons. The molecule has 7 heteroatoms. The molecule has 0 aromatic heterocycles. The van der Waals surface area contributed by atoms with Gasteiger partial charge in [0.05, 0.1) is 19.8 Å². The predicted molar refractivity (Wildman–Crippen MR) is 74.9 cm³/mol. The Morgan fingerprint density at radius 1 is 1.33 bits per heavy atom. The van der Waals surface area contributed by atoms with Crippen LogP contribution in [0.1, 0.15) is 10.4 Å². The molecule has 1 aromatic carbocycles. The fraction of sp³-hybridized carbons (Fsp3) is 0.429. The summed E-state index contributed by atoms with van der Waals surface area (Å²) in [4.78, 5) is 25.3. The van der Waals surface area contributed by atoms with Crippen LogP contribution in [0.3, 0.4) is 0 Å². The average Bonchev–Trinajstić information content (AvgIpc) is 2.53. The van der Waals surface area contributed by atoms with Gasteiger partial charge in [-0.3, -0.25) is 4.79 Å². The van der Waals surface area contributed by atoms with Crippen LogP contribution in [-0.2, 0) is 4.79 Å². The molecule has 0 spiro atoms. The lowest BCUT2D eigenvalue weighted by molar-refractivity contribution is -0.142. The number of amides is 1. The largest absolute Gasteiger partial charge is 0.497 e. The monoisotopic (exact) mass is 294 g/mol. The number of aliphatic carboxylic acids is 1. The Hall–Kier alpha value is -2.28. The smallest absolute Gasteiger partial charge is 0.327 e. The number of rotatable bonds is 4. The maximum atomic E-state index is 12.7. The number of carboxylic acid groups (broad SMARTS) is 1. The number of nitrogens with one attached hydrogen (secondary N) is 1. The fourth-order valence-corrected chi connectivity index (χ4v) is 2.30. The Labute approximate surface area is 122 Å². The second-order valence-corrected chi connectivity index (χ2v) is 4.62. The van der Waals surface area contributed by atoms with Gasteiger partial charge < -0.3 is 24.8 Å². The highest BCUT2D eigenvalue weighted by Gasteiger charge is 2.33. The fourth-order valence-electron chi connectivity index (χ4n) is 2.30. The average molecular weight is 294 g/mol. The molecule has 0 bridgehead atoms. The number of benzene rings is 1. The van der Waals surface area contributed by atoms with Crippen LogP contribution in [0.15, 0.2) is 18.2 Å². The van der Waals surface area contributed by atoms with Crippen LogP contribution in [0.2, 0.25) is 0 Å². The first-order chi connectivity index (χ1) is 10.1. The van der Waals surface area contributed by atoms with Gasteiger partial charge in [-0.15, -0.1) is 0 Å². The van der Waals surface area contributed by atoms with Crippen LogP contribution in [0, 0.1) is 0 Å². The van der Waals surface area contributed by atoms with Crippen LogP contribution < -0.4 is 14.8 Å². The zero-order valence-corrected chi connectivity index (χ0v) is 12.0. The molecule has 7 nitrogen and oxygen atoms in total. The number of piperazine rings is 1. The highest BCUT2D eigenvalue weighted by molar-refractivity contribution is 5.99. The molecule has 1 heterocycles. The first-order valence-electron chi connectivity index (χ1n) is 6.55. The van der Waals surface area contributed by atoms with E-state index in [2.05, 4.69) is 5.32 Å². The van der Waals surface area contributed by atoms with Gasteiger partial charge in [-0.25, -0.2) is 4.79 Å². The summed E-state index contributed by atoms with van der Waals surface area (Å²) in [6.45, 7) is 1.12. The van der Waals surface area contributed by atoms with Gasteiger partial charge in [0.25, 0.3) is 5.91 Å². The van der Waals surface area contributed by atoms with Crippen LogP contribution in [0.25, 0.3) is 0 Å². The van der Waals surface area contributed by atoms with Gasteiger partial charge in [-0.05, 0) is 18.2 Å².